The maximum atomic E-state index is 4.71. The summed E-state index contributed by atoms with van der Waals surface area (Å²) < 4.78 is 0. The van der Waals surface area contributed by atoms with E-state index in [4.69, 9.17) is 4.99 Å². The van der Waals surface area contributed by atoms with Gasteiger partial charge in [0, 0.05) is 0 Å². The van der Waals surface area contributed by atoms with Crippen LogP contribution >= 0.6 is 0 Å². The van der Waals surface area contributed by atoms with Crippen LogP contribution in [0.3, 0.4) is 0 Å². The first-order valence-electron chi connectivity index (χ1n) is 13.0. The molecule has 1 unspecified atom stereocenters. The van der Waals surface area contributed by atoms with Crippen molar-refractivity contribution in [1.82, 2.24) is 0 Å². The molecule has 0 spiro atoms. The molecule has 0 radical (unpaired) electrons. The van der Waals surface area contributed by atoms with Gasteiger partial charge in [-0.1, -0.05) is 110 Å². The van der Waals surface area contributed by atoms with Crippen LogP contribution in [0, 0.1) is 0 Å². The highest BCUT2D eigenvalue weighted by Crippen LogP contribution is 2.44. The molecule has 0 saturated carbocycles. The van der Waals surface area contributed by atoms with E-state index in [0.29, 0.717) is 0 Å². The largest absolute Gasteiger partial charge is 0.285 e. The van der Waals surface area contributed by atoms with Gasteiger partial charge in [-0.15, -0.1) is 0 Å². The van der Waals surface area contributed by atoms with E-state index in [2.05, 4.69) is 117 Å². The van der Waals surface area contributed by atoms with Gasteiger partial charge >= 0.3 is 0 Å². The fraction of sp³-hybridized carbons (Fsp3) is 0.139. The van der Waals surface area contributed by atoms with Crippen LogP contribution in [-0.2, 0) is 18.4 Å². The Bertz CT molecular complexity index is 1630. The summed E-state index contributed by atoms with van der Waals surface area (Å²) in [5.74, 6) is 0. The van der Waals surface area contributed by atoms with Crippen LogP contribution < -0.4 is 0 Å². The van der Waals surface area contributed by atoms with E-state index < -0.39 is 5.54 Å². The van der Waals surface area contributed by atoms with Crippen molar-refractivity contribution in [2.45, 2.75) is 32.2 Å². The first-order chi connectivity index (χ1) is 18.1. The van der Waals surface area contributed by atoms with Gasteiger partial charge in [0.2, 0.25) is 0 Å². The van der Waals surface area contributed by atoms with Crippen molar-refractivity contribution in [3.05, 3.63) is 149 Å². The molecule has 1 nitrogen and oxygen atoms in total. The zero-order chi connectivity index (χ0) is 25.6. The third-order valence-corrected chi connectivity index (χ3v) is 8.09. The zero-order valence-corrected chi connectivity index (χ0v) is 21.6. The number of fused-ring (bicyclic) bond motifs is 6. The lowest BCUT2D eigenvalue weighted by molar-refractivity contribution is 0.611. The van der Waals surface area contributed by atoms with E-state index in [-0.39, 0.29) is 0 Å². The number of hydrogen-bond acceptors (Lipinski definition) is 1. The Hall–Kier alpha value is -4.23. The quantitative estimate of drug-likeness (QED) is 0.168. The van der Waals surface area contributed by atoms with Crippen LogP contribution in [0.15, 0.2) is 115 Å². The van der Waals surface area contributed by atoms with Gasteiger partial charge in [-0.25, -0.2) is 0 Å². The average molecular weight is 478 g/mol. The number of benzene rings is 4. The van der Waals surface area contributed by atoms with Crippen molar-refractivity contribution in [3.63, 3.8) is 0 Å². The summed E-state index contributed by atoms with van der Waals surface area (Å²) in [6.45, 7) is 12.2. The van der Waals surface area contributed by atoms with Crippen LogP contribution in [-0.4, -0.2) is 6.72 Å². The summed E-state index contributed by atoms with van der Waals surface area (Å²) in [6, 6.07) is 29.2. The molecule has 0 bridgehead atoms. The highest BCUT2D eigenvalue weighted by Gasteiger charge is 2.31. The minimum absolute atomic E-state index is 0.509. The summed E-state index contributed by atoms with van der Waals surface area (Å²) in [5.41, 5.74) is 15.1. The number of aliphatic imine (C=N–C) groups is 1. The summed E-state index contributed by atoms with van der Waals surface area (Å²) >= 11 is 0. The van der Waals surface area contributed by atoms with E-state index in [0.717, 1.165) is 12.8 Å². The van der Waals surface area contributed by atoms with Gasteiger partial charge in [-0.3, -0.25) is 4.99 Å². The van der Waals surface area contributed by atoms with E-state index in [1.54, 1.807) is 0 Å². The van der Waals surface area contributed by atoms with Crippen LogP contribution in [0.1, 0.15) is 52.8 Å². The topological polar surface area (TPSA) is 12.4 Å². The average Bonchev–Trinajstić information content (AvgIpc) is 3.49. The van der Waals surface area contributed by atoms with Gasteiger partial charge in [-0.05, 0) is 100 Å². The van der Waals surface area contributed by atoms with E-state index in [9.17, 15) is 0 Å². The fourth-order valence-electron chi connectivity index (χ4n) is 6.04. The Kier molecular flexibility index (Phi) is 5.65. The molecule has 6 rings (SSSR count). The lowest BCUT2D eigenvalue weighted by Gasteiger charge is -2.27. The van der Waals surface area contributed by atoms with E-state index >= 15 is 0 Å². The number of allylic oxidation sites excluding steroid dienone is 5. The van der Waals surface area contributed by atoms with Gasteiger partial charge in [0.25, 0.3) is 0 Å². The van der Waals surface area contributed by atoms with Crippen LogP contribution in [0.5, 0.6) is 0 Å². The lowest BCUT2D eigenvalue weighted by atomic mass is 9.82. The van der Waals surface area contributed by atoms with Crippen molar-refractivity contribution < 1.29 is 0 Å². The molecular formula is C36H31N. The molecule has 0 aliphatic heterocycles. The van der Waals surface area contributed by atoms with Gasteiger partial charge < -0.3 is 0 Å². The van der Waals surface area contributed by atoms with Gasteiger partial charge in [0.1, 0.15) is 5.54 Å². The Morgan fingerprint density at radius 1 is 0.757 bits per heavy atom. The minimum Gasteiger partial charge on any atom is -0.285 e. The van der Waals surface area contributed by atoms with Crippen molar-refractivity contribution in [2.75, 3.05) is 0 Å². The molecule has 1 atom stereocenters. The van der Waals surface area contributed by atoms with Crippen molar-refractivity contribution in [2.24, 2.45) is 4.99 Å². The predicted molar refractivity (Wildman–Crippen MR) is 158 cm³/mol. The second-order valence-electron chi connectivity index (χ2n) is 10.2. The summed E-state index contributed by atoms with van der Waals surface area (Å²) in [5, 5.41) is 0. The molecule has 0 heterocycles. The van der Waals surface area contributed by atoms with Gasteiger partial charge in [0.15, 0.2) is 0 Å². The van der Waals surface area contributed by atoms with E-state index in [1.165, 1.54) is 66.8 Å². The normalized spacial score (nSPS) is 15.0. The summed E-state index contributed by atoms with van der Waals surface area (Å²) in [6.07, 6.45) is 10.0. The molecule has 0 aromatic heterocycles. The molecule has 4 aromatic carbocycles. The molecule has 37 heavy (non-hydrogen) atoms. The molecular weight excluding hydrogens is 446 g/mol. The lowest BCUT2D eigenvalue weighted by Crippen LogP contribution is -2.21. The second kappa shape index (κ2) is 9.01. The SMILES string of the molecule is C=C/C=C(\C=C/C)c1ccc2c(c1)Cc1cc(C(C)(N=C)c3ccc4c(c3)Cc3ccccc3-4)ccc1-2. The first kappa shape index (κ1) is 23.2. The van der Waals surface area contributed by atoms with Crippen molar-refractivity contribution >= 4 is 12.3 Å². The Balaban J connectivity index is 1.35. The van der Waals surface area contributed by atoms with Gasteiger partial charge in [0.05, 0.1) is 0 Å². The molecule has 0 saturated heterocycles. The Labute approximate surface area is 220 Å². The van der Waals surface area contributed by atoms with Crippen LogP contribution in [0.25, 0.3) is 27.8 Å². The molecule has 0 amide bonds. The monoisotopic (exact) mass is 477 g/mol. The molecule has 0 fully saturated rings. The smallest absolute Gasteiger partial charge is 0.107 e. The number of hydrogen-bond donors (Lipinski definition) is 0. The maximum absolute atomic E-state index is 4.71. The van der Waals surface area contributed by atoms with Gasteiger partial charge in [-0.2, -0.15) is 0 Å². The molecule has 2 aliphatic rings. The van der Waals surface area contributed by atoms with E-state index in [1.807, 2.05) is 13.0 Å². The number of rotatable bonds is 6. The second-order valence-corrected chi connectivity index (χ2v) is 10.2. The third-order valence-electron chi connectivity index (χ3n) is 8.09. The third kappa shape index (κ3) is 3.74. The zero-order valence-electron chi connectivity index (χ0n) is 21.6. The highest BCUT2D eigenvalue weighted by molar-refractivity contribution is 5.83. The standard InChI is InChI=1S/C36H31N/c1-5-9-24(10-6-2)25-13-16-33-27(19-25)21-29-23-31(15-18-35(29)33)36(3,37-4)30-14-17-34-28(22-30)20-26-11-7-8-12-32(26)34/h5-19,22-23H,1,4,20-21H2,2-3H3/b10-6-,24-9+. The maximum Gasteiger partial charge on any atom is 0.107 e. The fourth-order valence-corrected chi connectivity index (χ4v) is 6.04. The molecule has 1 heteroatoms. The Morgan fingerprint density at radius 2 is 1.32 bits per heavy atom. The minimum atomic E-state index is -0.509. The number of nitrogens with zero attached hydrogens (tertiary/aromatic N) is 1. The van der Waals surface area contributed by atoms with Crippen LogP contribution in [0.2, 0.25) is 0 Å². The highest BCUT2D eigenvalue weighted by atomic mass is 14.8. The molecule has 2 aliphatic carbocycles. The summed E-state index contributed by atoms with van der Waals surface area (Å²) in [4.78, 5) is 4.71. The first-order valence-corrected chi connectivity index (χ1v) is 13.0. The predicted octanol–water partition coefficient (Wildman–Crippen LogP) is 8.94. The van der Waals surface area contributed by atoms with Crippen LogP contribution in [0.4, 0.5) is 0 Å². The van der Waals surface area contributed by atoms with Crippen molar-refractivity contribution in [1.29, 1.82) is 0 Å². The molecule has 0 N–H and O–H groups in total. The Morgan fingerprint density at radius 3 is 1.95 bits per heavy atom. The summed E-state index contributed by atoms with van der Waals surface area (Å²) in [7, 11) is 0. The molecule has 180 valence electrons. The molecule has 4 aromatic rings. The van der Waals surface area contributed by atoms with Crippen molar-refractivity contribution in [3.8, 4) is 22.3 Å².